The Labute approximate surface area is 112 Å². The normalized spacial score (nSPS) is 10.9. The average molecular weight is 268 g/mol. The van der Waals surface area contributed by atoms with Crippen LogP contribution < -0.4 is 5.73 Å². The summed E-state index contributed by atoms with van der Waals surface area (Å²) in [6.45, 7) is 1.61. The van der Waals surface area contributed by atoms with Crippen molar-refractivity contribution in [3.63, 3.8) is 0 Å². The summed E-state index contributed by atoms with van der Waals surface area (Å²) < 4.78 is 0. The van der Waals surface area contributed by atoms with Crippen molar-refractivity contribution in [2.75, 3.05) is 7.05 Å². The zero-order valence-electron chi connectivity index (χ0n) is 11.1. The molecule has 0 aliphatic rings. The second kappa shape index (κ2) is 9.07. The van der Waals surface area contributed by atoms with Crippen molar-refractivity contribution in [3.05, 3.63) is 35.9 Å². The summed E-state index contributed by atoms with van der Waals surface area (Å²) in [4.78, 5) is 22.1. The molecular formula is C13H20N2O4. The second-order valence-corrected chi connectivity index (χ2v) is 3.62. The third-order valence-electron chi connectivity index (χ3n) is 2.41. The number of amides is 1. The first-order valence-corrected chi connectivity index (χ1v) is 5.91. The first-order chi connectivity index (χ1) is 9.06. The molecule has 19 heavy (non-hydrogen) atoms. The van der Waals surface area contributed by atoms with Crippen LogP contribution in [0.15, 0.2) is 30.3 Å². The van der Waals surface area contributed by atoms with Gasteiger partial charge in [-0.25, -0.2) is 5.06 Å². The van der Waals surface area contributed by atoms with Crippen molar-refractivity contribution in [2.45, 2.75) is 25.8 Å². The van der Waals surface area contributed by atoms with Crippen molar-refractivity contribution in [1.82, 2.24) is 5.06 Å². The molecule has 0 bridgehead atoms. The van der Waals surface area contributed by atoms with Crippen LogP contribution in [0.2, 0.25) is 0 Å². The topological polar surface area (TPSA) is 104 Å². The quantitative estimate of drug-likeness (QED) is 0.553. The van der Waals surface area contributed by atoms with Gasteiger partial charge in [0, 0.05) is 6.42 Å². The van der Waals surface area contributed by atoms with Gasteiger partial charge in [-0.3, -0.25) is 14.8 Å². The summed E-state index contributed by atoms with van der Waals surface area (Å²) in [5.41, 5.74) is 5.10. The zero-order chi connectivity index (χ0) is 14.8. The Morgan fingerprint density at radius 3 is 2.21 bits per heavy atom. The maximum Gasteiger partial charge on any atom is 0.305 e. The van der Waals surface area contributed by atoms with Crippen molar-refractivity contribution in [2.24, 2.45) is 5.73 Å². The Balaban J connectivity index is 0.00000154. The lowest BCUT2D eigenvalue weighted by Crippen LogP contribution is -2.32. The van der Waals surface area contributed by atoms with Gasteiger partial charge in [0.05, 0.1) is 12.5 Å². The Morgan fingerprint density at radius 2 is 1.79 bits per heavy atom. The molecular weight excluding hydrogens is 248 g/mol. The first-order valence-electron chi connectivity index (χ1n) is 5.91. The number of carbonyl (C=O) groups excluding carboxylic acids is 1. The lowest BCUT2D eigenvalue weighted by molar-refractivity contribution is -0.179. The van der Waals surface area contributed by atoms with E-state index in [2.05, 4.69) is 5.73 Å². The number of hydroxylamine groups is 2. The second-order valence-electron chi connectivity index (χ2n) is 3.62. The number of rotatable bonds is 5. The van der Waals surface area contributed by atoms with E-state index in [-0.39, 0.29) is 12.8 Å². The number of hydrogen-bond acceptors (Lipinski definition) is 4. The molecule has 1 unspecified atom stereocenters. The maximum atomic E-state index is 11.4. The largest absolute Gasteiger partial charge is 0.481 e. The standard InChI is InChI=1S/C12H15NO4.CH5N/c1-2-11(14)13(17)10(8-12(15)16)9-6-4-3-5-7-9;1-2/h3-7,10,17H,2,8H2,1H3,(H,15,16);2H2,1H3. The molecule has 6 heteroatoms. The molecule has 1 aromatic rings. The summed E-state index contributed by atoms with van der Waals surface area (Å²) in [7, 11) is 1.50. The highest BCUT2D eigenvalue weighted by molar-refractivity contribution is 5.76. The minimum absolute atomic E-state index is 0.124. The van der Waals surface area contributed by atoms with Gasteiger partial charge in [0.2, 0.25) is 5.91 Å². The van der Waals surface area contributed by atoms with E-state index in [0.29, 0.717) is 10.6 Å². The average Bonchev–Trinajstić information content (AvgIpc) is 2.46. The highest BCUT2D eigenvalue weighted by atomic mass is 16.5. The van der Waals surface area contributed by atoms with Crippen LogP contribution in [0.3, 0.4) is 0 Å². The SMILES string of the molecule is CCC(=O)N(O)C(CC(=O)O)c1ccccc1.CN. The van der Waals surface area contributed by atoms with Crippen LogP contribution in [0.1, 0.15) is 31.4 Å². The molecule has 0 radical (unpaired) electrons. The van der Waals surface area contributed by atoms with Gasteiger partial charge in [-0.15, -0.1) is 0 Å². The Kier molecular flexibility index (Phi) is 8.15. The molecule has 6 nitrogen and oxygen atoms in total. The molecule has 106 valence electrons. The fourth-order valence-corrected chi connectivity index (χ4v) is 1.52. The van der Waals surface area contributed by atoms with E-state index in [0.717, 1.165) is 0 Å². The van der Waals surface area contributed by atoms with Crippen LogP contribution in [0, 0.1) is 0 Å². The van der Waals surface area contributed by atoms with Crippen molar-refractivity contribution >= 4 is 11.9 Å². The van der Waals surface area contributed by atoms with Gasteiger partial charge in [0.25, 0.3) is 0 Å². The van der Waals surface area contributed by atoms with Crippen LogP contribution in [-0.4, -0.2) is 34.3 Å². The van der Waals surface area contributed by atoms with Gasteiger partial charge in [0.15, 0.2) is 0 Å². The summed E-state index contributed by atoms with van der Waals surface area (Å²) in [6.07, 6.45) is -0.203. The highest BCUT2D eigenvalue weighted by Gasteiger charge is 2.25. The van der Waals surface area contributed by atoms with E-state index in [4.69, 9.17) is 5.11 Å². The van der Waals surface area contributed by atoms with Gasteiger partial charge in [-0.05, 0) is 12.6 Å². The van der Waals surface area contributed by atoms with E-state index in [9.17, 15) is 14.8 Å². The van der Waals surface area contributed by atoms with Gasteiger partial charge in [0.1, 0.15) is 0 Å². The van der Waals surface area contributed by atoms with E-state index >= 15 is 0 Å². The highest BCUT2D eigenvalue weighted by Crippen LogP contribution is 2.23. The Morgan fingerprint density at radius 1 is 1.26 bits per heavy atom. The van der Waals surface area contributed by atoms with E-state index in [1.165, 1.54) is 7.05 Å². The predicted molar refractivity (Wildman–Crippen MR) is 70.5 cm³/mol. The number of carboxylic acids is 1. The molecule has 0 aliphatic heterocycles. The number of carbonyl (C=O) groups is 2. The predicted octanol–water partition coefficient (Wildman–Crippen LogP) is 1.41. The summed E-state index contributed by atoms with van der Waals surface area (Å²) in [6, 6.07) is 7.76. The van der Waals surface area contributed by atoms with Gasteiger partial charge in [-0.1, -0.05) is 37.3 Å². The summed E-state index contributed by atoms with van der Waals surface area (Å²) in [5, 5.41) is 19.0. The number of nitrogens with zero attached hydrogens (tertiary/aromatic N) is 1. The molecule has 4 N–H and O–H groups in total. The maximum absolute atomic E-state index is 11.4. The van der Waals surface area contributed by atoms with Crippen LogP contribution in [0.4, 0.5) is 0 Å². The van der Waals surface area contributed by atoms with E-state index in [1.807, 2.05) is 0 Å². The fourth-order valence-electron chi connectivity index (χ4n) is 1.52. The Hall–Kier alpha value is -1.92. The van der Waals surface area contributed by atoms with Crippen LogP contribution in [-0.2, 0) is 9.59 Å². The fraction of sp³-hybridized carbons (Fsp3) is 0.385. The third kappa shape index (κ3) is 5.50. The minimum Gasteiger partial charge on any atom is -0.481 e. The molecule has 0 saturated carbocycles. The third-order valence-corrected chi connectivity index (χ3v) is 2.41. The lowest BCUT2D eigenvalue weighted by atomic mass is 10.0. The first kappa shape index (κ1) is 17.1. The lowest BCUT2D eigenvalue weighted by Gasteiger charge is -2.24. The van der Waals surface area contributed by atoms with Crippen LogP contribution in [0.25, 0.3) is 0 Å². The van der Waals surface area contributed by atoms with E-state index < -0.39 is 17.9 Å². The summed E-state index contributed by atoms with van der Waals surface area (Å²) in [5.74, 6) is -1.57. The van der Waals surface area contributed by atoms with Crippen LogP contribution >= 0.6 is 0 Å². The number of carboxylic acid groups (broad SMARTS) is 1. The van der Waals surface area contributed by atoms with E-state index in [1.54, 1.807) is 37.3 Å². The molecule has 0 spiro atoms. The molecule has 0 aromatic heterocycles. The zero-order valence-corrected chi connectivity index (χ0v) is 11.1. The smallest absolute Gasteiger partial charge is 0.305 e. The van der Waals surface area contributed by atoms with Crippen molar-refractivity contribution in [1.29, 1.82) is 0 Å². The monoisotopic (exact) mass is 268 g/mol. The van der Waals surface area contributed by atoms with Crippen molar-refractivity contribution in [3.8, 4) is 0 Å². The number of nitrogens with two attached hydrogens (primary N) is 1. The molecule has 1 aromatic carbocycles. The molecule has 0 aliphatic carbocycles. The van der Waals surface area contributed by atoms with Crippen LogP contribution in [0.5, 0.6) is 0 Å². The van der Waals surface area contributed by atoms with Gasteiger partial charge < -0.3 is 10.8 Å². The molecule has 1 rings (SSSR count). The minimum atomic E-state index is -1.07. The van der Waals surface area contributed by atoms with Gasteiger partial charge in [-0.2, -0.15) is 0 Å². The number of hydrogen-bond donors (Lipinski definition) is 3. The Bertz CT molecular complexity index is 395. The summed E-state index contributed by atoms with van der Waals surface area (Å²) >= 11 is 0. The van der Waals surface area contributed by atoms with Crippen molar-refractivity contribution < 1.29 is 19.9 Å². The number of benzene rings is 1. The molecule has 1 amide bonds. The molecule has 1 atom stereocenters. The molecule has 0 fully saturated rings. The molecule has 0 heterocycles. The number of aliphatic carboxylic acids is 1. The molecule has 0 saturated heterocycles. The van der Waals surface area contributed by atoms with Gasteiger partial charge >= 0.3 is 5.97 Å².